The van der Waals surface area contributed by atoms with E-state index in [1.807, 2.05) is 35.8 Å². The van der Waals surface area contributed by atoms with Crippen LogP contribution in [0, 0.1) is 6.92 Å². The molecule has 0 unspecified atom stereocenters. The highest BCUT2D eigenvalue weighted by atomic mass is 32.2. The number of fused-ring (bicyclic) bond motifs is 2. The van der Waals surface area contributed by atoms with Crippen LogP contribution in [0.4, 0.5) is 13.2 Å². The first kappa shape index (κ1) is 12.8. The van der Waals surface area contributed by atoms with Crippen molar-refractivity contribution in [3.8, 4) is 5.69 Å². The summed E-state index contributed by atoms with van der Waals surface area (Å²) in [5.41, 5.74) is 1.46. The van der Waals surface area contributed by atoms with Crippen molar-refractivity contribution >= 4 is 22.8 Å². The molecule has 0 fully saturated rings. The van der Waals surface area contributed by atoms with Crippen LogP contribution in [0.5, 0.6) is 0 Å². The number of alkyl halides is 3. The SMILES string of the molecule is Cc1nc2cc(C(F)(F)F)cc3c2n1-c1ccccc1S3. The minimum Gasteiger partial charge on any atom is -0.294 e. The van der Waals surface area contributed by atoms with Crippen molar-refractivity contribution in [2.75, 3.05) is 0 Å². The fourth-order valence-corrected chi connectivity index (χ4v) is 3.80. The summed E-state index contributed by atoms with van der Waals surface area (Å²) in [6.45, 7) is 1.81. The highest BCUT2D eigenvalue weighted by Crippen LogP contribution is 2.45. The molecule has 0 spiro atoms. The normalized spacial score (nSPS) is 13.5. The van der Waals surface area contributed by atoms with E-state index >= 15 is 0 Å². The maximum Gasteiger partial charge on any atom is 0.416 e. The van der Waals surface area contributed by atoms with Gasteiger partial charge in [0.15, 0.2) is 0 Å². The van der Waals surface area contributed by atoms with E-state index in [4.69, 9.17) is 0 Å². The lowest BCUT2D eigenvalue weighted by Gasteiger charge is -2.20. The van der Waals surface area contributed by atoms with Crippen LogP contribution in [0.3, 0.4) is 0 Å². The van der Waals surface area contributed by atoms with E-state index in [9.17, 15) is 13.2 Å². The Morgan fingerprint density at radius 2 is 1.86 bits per heavy atom. The van der Waals surface area contributed by atoms with Crippen molar-refractivity contribution in [1.82, 2.24) is 9.55 Å². The van der Waals surface area contributed by atoms with Crippen LogP contribution in [0.15, 0.2) is 46.2 Å². The monoisotopic (exact) mass is 306 g/mol. The Morgan fingerprint density at radius 3 is 2.62 bits per heavy atom. The molecule has 6 heteroatoms. The van der Waals surface area contributed by atoms with Gasteiger partial charge in [-0.2, -0.15) is 13.2 Å². The molecule has 0 saturated carbocycles. The van der Waals surface area contributed by atoms with Crippen LogP contribution in [-0.2, 0) is 6.18 Å². The molecular formula is C15H9F3N2S. The molecule has 2 aromatic carbocycles. The Balaban J connectivity index is 2.11. The number of halogens is 3. The van der Waals surface area contributed by atoms with Gasteiger partial charge >= 0.3 is 6.18 Å². The second-order valence-corrected chi connectivity index (χ2v) is 5.99. The predicted molar refractivity (Wildman–Crippen MR) is 74.9 cm³/mol. The van der Waals surface area contributed by atoms with Gasteiger partial charge in [-0.1, -0.05) is 23.9 Å². The average molecular weight is 306 g/mol. The van der Waals surface area contributed by atoms with Crippen molar-refractivity contribution in [3.05, 3.63) is 47.8 Å². The van der Waals surface area contributed by atoms with Crippen LogP contribution < -0.4 is 0 Å². The smallest absolute Gasteiger partial charge is 0.294 e. The number of hydrogen-bond donors (Lipinski definition) is 0. The summed E-state index contributed by atoms with van der Waals surface area (Å²) in [6, 6.07) is 10.00. The molecule has 0 N–H and O–H groups in total. The van der Waals surface area contributed by atoms with Gasteiger partial charge in [0.25, 0.3) is 0 Å². The van der Waals surface area contributed by atoms with Gasteiger partial charge in [0.2, 0.25) is 0 Å². The fraction of sp³-hybridized carbons (Fsp3) is 0.133. The summed E-state index contributed by atoms with van der Waals surface area (Å²) in [4.78, 5) is 5.84. The summed E-state index contributed by atoms with van der Waals surface area (Å²) in [5.74, 6) is 0.693. The molecule has 0 saturated heterocycles. The first-order valence-corrected chi connectivity index (χ1v) is 7.14. The molecule has 2 heterocycles. The van der Waals surface area contributed by atoms with E-state index in [1.165, 1.54) is 17.8 Å². The second-order valence-electron chi connectivity index (χ2n) is 4.90. The molecule has 0 aliphatic carbocycles. The van der Waals surface area contributed by atoms with Gasteiger partial charge in [0, 0.05) is 9.79 Å². The number of para-hydroxylation sites is 1. The van der Waals surface area contributed by atoms with Crippen molar-refractivity contribution in [3.63, 3.8) is 0 Å². The van der Waals surface area contributed by atoms with Crippen LogP contribution in [-0.4, -0.2) is 9.55 Å². The predicted octanol–water partition coefficient (Wildman–Crippen LogP) is 4.82. The lowest BCUT2D eigenvalue weighted by Crippen LogP contribution is -2.07. The topological polar surface area (TPSA) is 17.8 Å². The van der Waals surface area contributed by atoms with Gasteiger partial charge in [-0.05, 0) is 31.2 Å². The molecule has 106 valence electrons. The van der Waals surface area contributed by atoms with Gasteiger partial charge in [0.1, 0.15) is 5.82 Å². The summed E-state index contributed by atoms with van der Waals surface area (Å²) in [5, 5.41) is 0. The van der Waals surface area contributed by atoms with E-state index < -0.39 is 11.7 Å². The molecule has 0 radical (unpaired) electrons. The van der Waals surface area contributed by atoms with Crippen molar-refractivity contribution < 1.29 is 13.2 Å². The molecule has 1 aliphatic rings. The largest absolute Gasteiger partial charge is 0.416 e. The van der Waals surface area contributed by atoms with Crippen molar-refractivity contribution in [2.45, 2.75) is 22.9 Å². The van der Waals surface area contributed by atoms with Gasteiger partial charge in [-0.25, -0.2) is 4.98 Å². The molecule has 0 bridgehead atoms. The number of benzene rings is 2. The van der Waals surface area contributed by atoms with Gasteiger partial charge in [0.05, 0.1) is 22.3 Å². The molecule has 1 aliphatic heterocycles. The van der Waals surface area contributed by atoms with Gasteiger partial charge < -0.3 is 0 Å². The quantitative estimate of drug-likeness (QED) is 0.463. The summed E-state index contributed by atoms with van der Waals surface area (Å²) >= 11 is 1.36. The number of imidazole rings is 1. The summed E-state index contributed by atoms with van der Waals surface area (Å²) in [6.07, 6.45) is -4.36. The van der Waals surface area contributed by atoms with Crippen molar-refractivity contribution in [2.24, 2.45) is 0 Å². The fourth-order valence-electron chi connectivity index (χ4n) is 2.67. The summed E-state index contributed by atoms with van der Waals surface area (Å²) in [7, 11) is 0. The minimum absolute atomic E-state index is 0.388. The Bertz CT molecular complexity index is 880. The van der Waals surface area contributed by atoms with Crippen LogP contribution in [0.25, 0.3) is 16.7 Å². The zero-order valence-electron chi connectivity index (χ0n) is 10.9. The first-order valence-electron chi connectivity index (χ1n) is 6.33. The third-order valence-corrected chi connectivity index (χ3v) is 4.63. The Labute approximate surface area is 122 Å². The average Bonchev–Trinajstić information content (AvgIpc) is 2.76. The van der Waals surface area contributed by atoms with Crippen molar-refractivity contribution in [1.29, 1.82) is 0 Å². The third kappa shape index (κ3) is 1.78. The molecule has 4 rings (SSSR count). The zero-order chi connectivity index (χ0) is 14.8. The van der Waals surface area contributed by atoms with Gasteiger partial charge in [-0.15, -0.1) is 0 Å². The van der Waals surface area contributed by atoms with Crippen LogP contribution >= 0.6 is 11.8 Å². The number of aromatic nitrogens is 2. The number of rotatable bonds is 0. The maximum atomic E-state index is 13.0. The number of aryl methyl sites for hydroxylation is 1. The lowest BCUT2D eigenvalue weighted by molar-refractivity contribution is -0.137. The second kappa shape index (κ2) is 4.04. The third-order valence-electron chi connectivity index (χ3n) is 3.54. The standard InChI is InChI=1S/C15H9F3N2S/c1-8-19-10-6-9(15(16,17)18)7-13-14(10)20(8)11-4-2-3-5-12(11)21-13/h2-7H,1H3. The van der Waals surface area contributed by atoms with Crippen LogP contribution in [0.2, 0.25) is 0 Å². The molecule has 21 heavy (non-hydrogen) atoms. The Kier molecular flexibility index (Phi) is 2.45. The maximum absolute atomic E-state index is 13.0. The van der Waals surface area contributed by atoms with E-state index in [-0.39, 0.29) is 0 Å². The zero-order valence-corrected chi connectivity index (χ0v) is 11.7. The van der Waals surface area contributed by atoms with Crippen LogP contribution in [0.1, 0.15) is 11.4 Å². The van der Waals surface area contributed by atoms with E-state index in [0.29, 0.717) is 16.2 Å². The molecule has 0 amide bonds. The molecular weight excluding hydrogens is 297 g/mol. The van der Waals surface area contributed by atoms with Gasteiger partial charge in [-0.3, -0.25) is 4.57 Å². The molecule has 0 atom stereocenters. The highest BCUT2D eigenvalue weighted by molar-refractivity contribution is 7.99. The number of nitrogens with zero attached hydrogens (tertiary/aromatic N) is 2. The van der Waals surface area contributed by atoms with E-state index in [1.54, 1.807) is 0 Å². The number of hydrogen-bond acceptors (Lipinski definition) is 2. The molecule has 3 aromatic rings. The minimum atomic E-state index is -4.36. The lowest BCUT2D eigenvalue weighted by atomic mass is 10.2. The molecule has 1 aromatic heterocycles. The van der Waals surface area contributed by atoms with E-state index in [0.717, 1.165) is 22.2 Å². The Morgan fingerprint density at radius 1 is 1.10 bits per heavy atom. The van der Waals surface area contributed by atoms with E-state index in [2.05, 4.69) is 4.98 Å². The summed E-state index contributed by atoms with van der Waals surface area (Å²) < 4.78 is 41.0. The Hall–Kier alpha value is -1.95. The highest BCUT2D eigenvalue weighted by Gasteiger charge is 2.33. The first-order chi connectivity index (χ1) is 9.95. The molecule has 2 nitrogen and oxygen atoms in total.